The lowest BCUT2D eigenvalue weighted by Gasteiger charge is -2.06. The Hall–Kier alpha value is -3.54. The van der Waals surface area contributed by atoms with E-state index in [1.54, 1.807) is 12.1 Å². The third kappa shape index (κ3) is 2.97. The van der Waals surface area contributed by atoms with Crippen LogP contribution >= 0.6 is 0 Å². The molecule has 124 valence electrons. The molecule has 0 saturated carbocycles. The molecule has 4 aromatic rings. The molecule has 0 unspecified atom stereocenters. The zero-order chi connectivity index (χ0) is 17.2. The zero-order valence-electron chi connectivity index (χ0n) is 13.3. The molecule has 0 aliphatic carbocycles. The molecular formula is C19H16N4O2. The maximum atomic E-state index is 12.5. The predicted octanol–water partition coefficient (Wildman–Crippen LogP) is 3.21. The fourth-order valence-electron chi connectivity index (χ4n) is 2.65. The van der Waals surface area contributed by atoms with Crippen LogP contribution in [0.3, 0.4) is 0 Å². The number of H-pyrrole nitrogens is 1. The molecule has 0 aliphatic rings. The van der Waals surface area contributed by atoms with E-state index in [0.717, 1.165) is 26.9 Å². The second kappa shape index (κ2) is 6.16. The first kappa shape index (κ1) is 15.0. The molecule has 2 aromatic carbocycles. The maximum absolute atomic E-state index is 12.5. The molecule has 2 aromatic heterocycles. The smallest absolute Gasteiger partial charge is 0.296 e. The van der Waals surface area contributed by atoms with Crippen molar-refractivity contribution in [3.05, 3.63) is 78.1 Å². The van der Waals surface area contributed by atoms with Crippen molar-refractivity contribution in [2.45, 2.75) is 6.61 Å². The van der Waals surface area contributed by atoms with Gasteiger partial charge in [0.2, 0.25) is 0 Å². The first-order chi connectivity index (χ1) is 12.2. The van der Waals surface area contributed by atoms with E-state index in [-0.39, 0.29) is 5.91 Å². The lowest BCUT2D eigenvalue weighted by Crippen LogP contribution is -2.16. The van der Waals surface area contributed by atoms with Gasteiger partial charge in [-0.3, -0.25) is 4.79 Å². The minimum atomic E-state index is -0.301. The summed E-state index contributed by atoms with van der Waals surface area (Å²) in [5, 5.41) is 4.86. The van der Waals surface area contributed by atoms with Crippen LogP contribution in [0, 0.1) is 0 Å². The van der Waals surface area contributed by atoms with Crippen LogP contribution in [0.2, 0.25) is 0 Å². The van der Waals surface area contributed by atoms with Crippen LogP contribution in [0.25, 0.3) is 10.9 Å². The predicted molar refractivity (Wildman–Crippen MR) is 95.4 cm³/mol. The Morgan fingerprint density at radius 3 is 2.72 bits per heavy atom. The molecular weight excluding hydrogens is 316 g/mol. The quantitative estimate of drug-likeness (QED) is 0.601. The summed E-state index contributed by atoms with van der Waals surface area (Å²) in [6.07, 6.45) is 1.49. The highest BCUT2D eigenvalue weighted by molar-refractivity contribution is 6.00. The number of benzene rings is 2. The topological polar surface area (TPSA) is 85.9 Å². The number of aromatic amines is 1. The zero-order valence-corrected chi connectivity index (χ0v) is 13.3. The monoisotopic (exact) mass is 332 g/mol. The second-order valence-electron chi connectivity index (χ2n) is 5.68. The molecule has 3 N–H and O–H groups in total. The highest BCUT2D eigenvalue weighted by atomic mass is 16.5. The highest BCUT2D eigenvalue weighted by Crippen LogP contribution is 2.23. The van der Waals surface area contributed by atoms with Crippen molar-refractivity contribution in [3.8, 4) is 5.75 Å². The molecule has 0 atom stereocenters. The molecule has 0 amide bonds. The molecule has 2 heterocycles. The lowest BCUT2D eigenvalue weighted by molar-refractivity contribution is 0.0944. The number of nitrogens with zero attached hydrogens (tertiary/aromatic N) is 2. The maximum Gasteiger partial charge on any atom is 0.296 e. The molecule has 0 aliphatic heterocycles. The summed E-state index contributed by atoms with van der Waals surface area (Å²) in [5.74, 6) is 0.733. The number of fused-ring (bicyclic) bond motifs is 1. The van der Waals surface area contributed by atoms with Crippen LogP contribution in [-0.2, 0) is 6.61 Å². The van der Waals surface area contributed by atoms with Gasteiger partial charge in [-0.1, -0.05) is 30.3 Å². The Labute approximate surface area is 143 Å². The van der Waals surface area contributed by atoms with Gasteiger partial charge in [0.25, 0.3) is 5.91 Å². The molecule has 6 nitrogen and oxygen atoms in total. The third-order valence-corrected chi connectivity index (χ3v) is 3.94. The fraction of sp³-hybridized carbons (Fsp3) is 0.0526. The van der Waals surface area contributed by atoms with Gasteiger partial charge in [-0.2, -0.15) is 9.78 Å². The summed E-state index contributed by atoms with van der Waals surface area (Å²) < 4.78 is 6.98. The minimum Gasteiger partial charge on any atom is -0.489 e. The van der Waals surface area contributed by atoms with Crippen molar-refractivity contribution in [2.75, 3.05) is 5.73 Å². The highest BCUT2D eigenvalue weighted by Gasteiger charge is 2.14. The summed E-state index contributed by atoms with van der Waals surface area (Å²) >= 11 is 0. The number of nitrogens with one attached hydrogen (secondary N) is 1. The molecule has 0 saturated heterocycles. The number of nitrogen functional groups attached to an aromatic ring is 1. The number of carbonyl (C=O) groups excluding carboxylic acids is 1. The van der Waals surface area contributed by atoms with E-state index in [1.807, 2.05) is 48.5 Å². The van der Waals surface area contributed by atoms with Gasteiger partial charge in [0.1, 0.15) is 23.9 Å². The number of ether oxygens (including phenoxy) is 1. The Kier molecular flexibility index (Phi) is 3.70. The third-order valence-electron chi connectivity index (χ3n) is 3.94. The average molecular weight is 332 g/mol. The van der Waals surface area contributed by atoms with E-state index in [0.29, 0.717) is 18.1 Å². The lowest BCUT2D eigenvalue weighted by atomic mass is 10.2. The van der Waals surface area contributed by atoms with Gasteiger partial charge in [0.15, 0.2) is 0 Å². The standard InChI is InChI=1S/C19H16N4O2/c20-18-8-9-21-23(18)19(24)17-10-14-6-7-15(11-16(14)22-17)25-12-13-4-2-1-3-5-13/h1-11,22H,12,20H2. The summed E-state index contributed by atoms with van der Waals surface area (Å²) in [5.41, 5.74) is 8.08. The Balaban J connectivity index is 1.57. The van der Waals surface area contributed by atoms with Crippen LogP contribution in [0.5, 0.6) is 5.75 Å². The Morgan fingerprint density at radius 1 is 1.12 bits per heavy atom. The summed E-state index contributed by atoms with van der Waals surface area (Å²) in [6.45, 7) is 0.489. The number of hydrogen-bond donors (Lipinski definition) is 2. The summed E-state index contributed by atoms with van der Waals surface area (Å²) in [4.78, 5) is 15.6. The van der Waals surface area contributed by atoms with Crippen LogP contribution in [0.4, 0.5) is 5.82 Å². The van der Waals surface area contributed by atoms with Crippen molar-refractivity contribution in [1.82, 2.24) is 14.8 Å². The van der Waals surface area contributed by atoms with Crippen molar-refractivity contribution in [2.24, 2.45) is 0 Å². The van der Waals surface area contributed by atoms with Gasteiger partial charge >= 0.3 is 0 Å². The molecule has 25 heavy (non-hydrogen) atoms. The van der Waals surface area contributed by atoms with Gasteiger partial charge in [-0.05, 0) is 23.8 Å². The van der Waals surface area contributed by atoms with E-state index >= 15 is 0 Å². The molecule has 0 fully saturated rings. The summed E-state index contributed by atoms with van der Waals surface area (Å²) in [7, 11) is 0. The van der Waals surface area contributed by atoms with E-state index < -0.39 is 0 Å². The van der Waals surface area contributed by atoms with Crippen LogP contribution in [0.1, 0.15) is 16.1 Å². The number of rotatable bonds is 4. The van der Waals surface area contributed by atoms with Crippen molar-refractivity contribution in [1.29, 1.82) is 0 Å². The number of anilines is 1. The van der Waals surface area contributed by atoms with Crippen LogP contribution in [0.15, 0.2) is 66.9 Å². The first-order valence-electron chi connectivity index (χ1n) is 7.84. The number of nitrogens with two attached hydrogens (primary N) is 1. The molecule has 0 spiro atoms. The SMILES string of the molecule is Nc1ccnn1C(=O)c1cc2ccc(OCc3ccccc3)cc2[nH]1. The van der Waals surface area contributed by atoms with Gasteiger partial charge < -0.3 is 15.5 Å². The van der Waals surface area contributed by atoms with Crippen LogP contribution in [-0.4, -0.2) is 20.7 Å². The van der Waals surface area contributed by atoms with E-state index in [4.69, 9.17) is 10.5 Å². The molecule has 6 heteroatoms. The number of hydrogen-bond acceptors (Lipinski definition) is 4. The van der Waals surface area contributed by atoms with Crippen molar-refractivity contribution in [3.63, 3.8) is 0 Å². The Morgan fingerprint density at radius 2 is 1.96 bits per heavy atom. The van der Waals surface area contributed by atoms with Crippen molar-refractivity contribution >= 4 is 22.6 Å². The van der Waals surface area contributed by atoms with Gasteiger partial charge in [-0.25, -0.2) is 0 Å². The van der Waals surface area contributed by atoms with Gasteiger partial charge in [-0.15, -0.1) is 0 Å². The average Bonchev–Trinajstić information content (AvgIpc) is 3.26. The van der Waals surface area contributed by atoms with E-state index in [2.05, 4.69) is 10.1 Å². The first-order valence-corrected chi connectivity index (χ1v) is 7.84. The van der Waals surface area contributed by atoms with Crippen LogP contribution < -0.4 is 10.5 Å². The molecule has 0 radical (unpaired) electrons. The minimum absolute atomic E-state index is 0.301. The van der Waals surface area contributed by atoms with Crippen molar-refractivity contribution < 1.29 is 9.53 Å². The Bertz CT molecular complexity index is 1030. The van der Waals surface area contributed by atoms with Gasteiger partial charge in [0, 0.05) is 23.0 Å². The fourth-order valence-corrected chi connectivity index (χ4v) is 2.65. The molecule has 0 bridgehead atoms. The second-order valence-corrected chi connectivity index (χ2v) is 5.68. The van der Waals surface area contributed by atoms with E-state index in [9.17, 15) is 4.79 Å². The molecule has 4 rings (SSSR count). The number of carbonyl (C=O) groups is 1. The number of aromatic nitrogens is 3. The van der Waals surface area contributed by atoms with E-state index in [1.165, 1.54) is 6.20 Å². The largest absolute Gasteiger partial charge is 0.489 e. The normalized spacial score (nSPS) is 10.9. The van der Waals surface area contributed by atoms with Gasteiger partial charge in [0.05, 0.1) is 6.20 Å². The summed E-state index contributed by atoms with van der Waals surface area (Å²) in [6, 6.07) is 19.0.